The number of piperazine rings is 1. The zero-order chi connectivity index (χ0) is 54.0. The number of anilines is 3. The largest absolute Gasteiger partial charge is 0.507 e. The zero-order valence-corrected chi connectivity index (χ0v) is 44.4. The van der Waals surface area contributed by atoms with Crippen LogP contribution in [0.5, 0.6) is 23.3 Å². The number of thiazole rings is 1. The van der Waals surface area contributed by atoms with Gasteiger partial charge in [-0.05, 0) is 91.7 Å². The first-order valence-corrected chi connectivity index (χ1v) is 27.1. The summed E-state index contributed by atoms with van der Waals surface area (Å²) >= 11 is 1.52. The number of rotatable bonds is 16. The summed E-state index contributed by atoms with van der Waals surface area (Å²) in [7, 11) is 0. The molecule has 2 bridgehead atoms. The summed E-state index contributed by atoms with van der Waals surface area (Å²) in [6, 6.07) is 21.3. The molecule has 11 rings (SSSR count). The van der Waals surface area contributed by atoms with Crippen LogP contribution in [-0.2, 0) is 9.59 Å². The number of nitrogens with two attached hydrogens (primary N) is 1. The van der Waals surface area contributed by atoms with Crippen molar-refractivity contribution in [3.8, 4) is 56.9 Å². The number of carbonyl (C=O) groups excluding carboxylic acids is 2. The number of likely N-dealkylation sites (tertiary alicyclic amines) is 1. The molecule has 5 N–H and O–H groups in total. The number of nitrogens with one attached hydrogen (secondary N) is 1. The van der Waals surface area contributed by atoms with Crippen LogP contribution in [-0.4, -0.2) is 125 Å². The minimum Gasteiger partial charge on any atom is -0.507 e. The number of fused-ring (bicyclic) bond motifs is 2. The number of nitrogen functional groups attached to an aromatic ring is 1. The van der Waals surface area contributed by atoms with Crippen molar-refractivity contribution in [3.05, 3.63) is 120 Å². The summed E-state index contributed by atoms with van der Waals surface area (Å²) in [4.78, 5) is 53.0. The second-order valence-corrected chi connectivity index (χ2v) is 21.5. The van der Waals surface area contributed by atoms with E-state index in [1.807, 2.05) is 82.4 Å². The Bertz CT molecular complexity index is 3330. The summed E-state index contributed by atoms with van der Waals surface area (Å²) in [5, 5.41) is 36.7. The Morgan fingerprint density at radius 1 is 0.885 bits per heavy atom. The highest BCUT2D eigenvalue weighted by Gasteiger charge is 2.44. The molecule has 6 aromatic heterocycles. The number of aliphatic hydroxyl groups excluding tert-OH is 1. The third kappa shape index (κ3) is 11.1. The van der Waals surface area contributed by atoms with Gasteiger partial charge in [0.2, 0.25) is 17.7 Å². The first-order valence-electron chi connectivity index (χ1n) is 26.3. The number of hydrogen-bond acceptors (Lipinski definition) is 19. The summed E-state index contributed by atoms with van der Waals surface area (Å²) in [5.41, 5.74) is 14.3. The first kappa shape index (κ1) is 51.7. The molecule has 0 radical (unpaired) electrons. The van der Waals surface area contributed by atoms with Gasteiger partial charge >= 0.3 is 0 Å². The van der Waals surface area contributed by atoms with Crippen molar-refractivity contribution in [3.63, 3.8) is 0 Å². The summed E-state index contributed by atoms with van der Waals surface area (Å²) in [5.74, 6) is 6.38. The highest BCUT2D eigenvalue weighted by Crippen LogP contribution is 2.41. The number of phenolic OH excluding ortho intramolecular Hbond substituents is 1. The standard InChI is InChI=1S/C57H60N12O8S/c1-32(2)53(57(73)68-30-40(70)21-48(68)56(72)63-33(3)35-11-16-45(61-26-35)54-34(4)62-31-78-54)50-25-52(66-77-50)74-19-7-8-36-12-15-41(27-60-36)75-42-22-43(23-42)76-51-20-37(17-18-59-51)69-38-13-14-39(69)29-67(28-38)47-24-46(64-65-55(47)58)44-9-5-6-10-49(44)71/h5-6,9-12,15-18,20,24-27,31-33,38-40,42-43,48,53,70-71H,13-14,19,21-23,28-30H2,1-4H3,(H2,58,65)(H,63,72)/t33-,38+,39?,40+,42?,43?,48-,53+/m0/s1. The van der Waals surface area contributed by atoms with Gasteiger partial charge in [0.15, 0.2) is 18.2 Å². The van der Waals surface area contributed by atoms with Crippen LogP contribution in [0.3, 0.4) is 0 Å². The van der Waals surface area contributed by atoms with Crippen molar-refractivity contribution in [2.45, 2.75) is 108 Å². The third-order valence-corrected chi connectivity index (χ3v) is 15.9. The van der Waals surface area contributed by atoms with Crippen LogP contribution in [0.2, 0.25) is 0 Å². The van der Waals surface area contributed by atoms with Gasteiger partial charge in [-0.2, -0.15) is 0 Å². The molecule has 7 aromatic rings. The van der Waals surface area contributed by atoms with Gasteiger partial charge in [0.25, 0.3) is 5.88 Å². The van der Waals surface area contributed by atoms with E-state index < -0.39 is 24.1 Å². The minimum atomic E-state index is -0.880. The Morgan fingerprint density at radius 2 is 1.69 bits per heavy atom. The molecule has 0 spiro atoms. The summed E-state index contributed by atoms with van der Waals surface area (Å²) < 4.78 is 24.0. The minimum absolute atomic E-state index is 0.00979. The monoisotopic (exact) mass is 1070 g/mol. The molecule has 1 aliphatic carbocycles. The number of aryl methyl sites for hydroxylation is 1. The van der Waals surface area contributed by atoms with Crippen molar-refractivity contribution < 1.29 is 38.5 Å². The van der Waals surface area contributed by atoms with E-state index in [1.54, 1.807) is 42.2 Å². The van der Waals surface area contributed by atoms with Crippen LogP contribution in [0.25, 0.3) is 21.8 Å². The average molecular weight is 1070 g/mol. The zero-order valence-electron chi connectivity index (χ0n) is 43.6. The Balaban J connectivity index is 0.627. The number of aromatic nitrogens is 7. The normalized spacial score (nSPS) is 21.3. The van der Waals surface area contributed by atoms with E-state index in [1.165, 1.54) is 16.2 Å². The molecule has 9 heterocycles. The van der Waals surface area contributed by atoms with Crippen molar-refractivity contribution in [2.24, 2.45) is 5.92 Å². The number of pyridine rings is 3. The SMILES string of the molecule is Cc1ncsc1-c1ccc([C@H](C)NC(=O)[C@@H]2C[C@@H](O)CN2C(=O)[C@@H](c2cc(OCC#Cc3ccc(OC4CC(Oc5cc(N6C7CC[C@@H]6CN(c6cc(-c8ccccc8O)nnc6N)C7)ccn5)C4)cn3)no2)C(C)C)cn1. The number of nitrogens with zero attached hydrogens (tertiary/aromatic N) is 10. The van der Waals surface area contributed by atoms with Gasteiger partial charge in [0.05, 0.1) is 51.5 Å². The number of aromatic hydroxyl groups is 1. The highest BCUT2D eigenvalue weighted by molar-refractivity contribution is 7.13. The van der Waals surface area contributed by atoms with Crippen LogP contribution in [0, 0.1) is 24.7 Å². The van der Waals surface area contributed by atoms with Gasteiger partial charge < -0.3 is 54.7 Å². The lowest BCUT2D eigenvalue weighted by Crippen LogP contribution is -2.54. The molecular formula is C57H60N12O8S. The fourth-order valence-electron chi connectivity index (χ4n) is 10.9. The Morgan fingerprint density at radius 3 is 2.42 bits per heavy atom. The van der Waals surface area contributed by atoms with Crippen LogP contribution in [0.4, 0.5) is 17.2 Å². The van der Waals surface area contributed by atoms with E-state index in [2.05, 4.69) is 62.2 Å². The van der Waals surface area contributed by atoms with Crippen molar-refractivity contribution in [1.82, 2.24) is 45.5 Å². The maximum Gasteiger partial charge on any atom is 0.255 e. The molecule has 3 saturated heterocycles. The van der Waals surface area contributed by atoms with E-state index in [0.29, 0.717) is 47.2 Å². The highest BCUT2D eigenvalue weighted by atomic mass is 32.1. The third-order valence-electron chi connectivity index (χ3n) is 14.9. The molecule has 3 aliphatic heterocycles. The van der Waals surface area contributed by atoms with Crippen molar-refractivity contribution >= 4 is 40.3 Å². The Kier molecular flexibility index (Phi) is 14.8. The van der Waals surface area contributed by atoms with Crippen LogP contribution in [0.15, 0.2) is 101 Å². The van der Waals surface area contributed by atoms with Crippen LogP contribution in [0.1, 0.15) is 87.5 Å². The van der Waals surface area contributed by atoms with Crippen LogP contribution < -0.4 is 35.1 Å². The molecule has 1 saturated carbocycles. The molecule has 1 aromatic carbocycles. The van der Waals surface area contributed by atoms with E-state index in [9.17, 15) is 19.8 Å². The fourth-order valence-corrected chi connectivity index (χ4v) is 11.7. The number of carbonyl (C=O) groups is 2. The molecule has 4 aliphatic rings. The second kappa shape index (κ2) is 22.3. The number of hydrogen-bond donors (Lipinski definition) is 4. The lowest BCUT2D eigenvalue weighted by molar-refractivity contribution is -0.141. The first-order chi connectivity index (χ1) is 37.8. The van der Waals surface area contributed by atoms with Crippen molar-refractivity contribution in [2.75, 3.05) is 41.8 Å². The van der Waals surface area contributed by atoms with E-state index in [0.717, 1.165) is 59.1 Å². The Hall–Kier alpha value is -8.35. The number of β-amino-alcohol motifs (C(OH)–C–C–N with tert-alkyl or cyclic N) is 1. The Labute approximate surface area is 455 Å². The fraction of sp³-hybridized carbons (Fsp3) is 0.386. The quantitative estimate of drug-likeness (QED) is 0.0719. The number of aliphatic hydroxyl groups is 1. The summed E-state index contributed by atoms with van der Waals surface area (Å²) in [6.07, 6.45) is 7.86. The van der Waals surface area contributed by atoms with E-state index in [4.69, 9.17) is 24.5 Å². The number of benzene rings is 1. The average Bonchev–Trinajstić information content (AvgIpc) is 4.28. The number of amides is 2. The lowest BCUT2D eigenvalue weighted by atomic mass is 9.91. The maximum absolute atomic E-state index is 14.2. The molecule has 1 unspecified atom stereocenters. The maximum atomic E-state index is 14.2. The van der Waals surface area contributed by atoms with Gasteiger partial charge in [-0.25, -0.2) is 15.0 Å². The molecule has 2 amide bonds. The van der Waals surface area contributed by atoms with Gasteiger partial charge in [-0.15, -0.1) is 21.5 Å². The van der Waals surface area contributed by atoms with Gasteiger partial charge in [-0.1, -0.05) is 38.0 Å². The molecular weight excluding hydrogens is 1010 g/mol. The molecule has 20 nitrogen and oxygen atoms in total. The lowest BCUT2D eigenvalue weighted by Gasteiger charge is -2.43. The van der Waals surface area contributed by atoms with Gasteiger partial charge in [-0.3, -0.25) is 14.6 Å². The predicted molar refractivity (Wildman–Crippen MR) is 291 cm³/mol. The number of para-hydroxylation sites is 1. The van der Waals surface area contributed by atoms with Crippen LogP contribution >= 0.6 is 11.3 Å². The number of ether oxygens (including phenoxy) is 3. The second-order valence-electron chi connectivity index (χ2n) is 20.6. The predicted octanol–water partition coefficient (Wildman–Crippen LogP) is 6.89. The molecule has 21 heteroatoms. The molecule has 6 atom stereocenters. The van der Waals surface area contributed by atoms with E-state index >= 15 is 0 Å². The van der Waals surface area contributed by atoms with Crippen molar-refractivity contribution in [1.29, 1.82) is 0 Å². The van der Waals surface area contributed by atoms with E-state index in [-0.39, 0.29) is 79.0 Å². The molecule has 78 heavy (non-hydrogen) atoms. The topological polar surface area (TPSA) is 253 Å². The number of phenols is 1. The molecule has 4 fully saturated rings. The smallest absolute Gasteiger partial charge is 0.255 e. The van der Waals surface area contributed by atoms with Gasteiger partial charge in [0, 0.05) is 86.8 Å². The summed E-state index contributed by atoms with van der Waals surface area (Å²) in [6.45, 7) is 9.09. The molecule has 402 valence electrons. The van der Waals surface area contributed by atoms with Gasteiger partial charge in [0.1, 0.15) is 41.4 Å².